The van der Waals surface area contributed by atoms with Crippen molar-refractivity contribution in [1.82, 2.24) is 14.6 Å². The molecule has 2 aliphatic rings. The number of carbonyl (C=O) groups is 2. The number of hydrogen-bond donors (Lipinski definition) is 2. The second-order valence-corrected chi connectivity index (χ2v) is 14.0. The van der Waals surface area contributed by atoms with Gasteiger partial charge in [-0.05, 0) is 67.1 Å². The van der Waals surface area contributed by atoms with E-state index >= 15 is 4.39 Å². The summed E-state index contributed by atoms with van der Waals surface area (Å²) in [5.74, 6) is -5.90. The molecule has 5 atom stereocenters. The number of amides is 1. The summed E-state index contributed by atoms with van der Waals surface area (Å²) in [6.07, 6.45) is 3.51. The number of nitrogens with one attached hydrogen (secondary N) is 2. The maximum absolute atomic E-state index is 15.3. The molecule has 9 nitrogen and oxygen atoms in total. The van der Waals surface area contributed by atoms with E-state index in [1.165, 1.54) is 40.8 Å². The summed E-state index contributed by atoms with van der Waals surface area (Å²) in [5.41, 5.74) is 0.689. The number of esters is 1. The molecule has 3 heterocycles. The Morgan fingerprint density at radius 3 is 2.67 bits per heavy atom. The van der Waals surface area contributed by atoms with Gasteiger partial charge < -0.3 is 15.4 Å². The average Bonchev–Trinajstić information content (AvgIpc) is 3.13. The fraction of sp³-hybridized carbons (Fsp3) is 0.406. The first-order valence-electron chi connectivity index (χ1n) is 14.9. The zero-order valence-electron chi connectivity index (χ0n) is 25.0. The lowest BCUT2D eigenvalue weighted by molar-refractivity contribution is -0.143. The molecule has 0 radical (unpaired) electrons. The van der Waals surface area contributed by atoms with Gasteiger partial charge in [0.25, 0.3) is 0 Å². The first-order valence-corrected chi connectivity index (χ1v) is 16.9. The smallest absolute Gasteiger partial charge is 0.306 e. The number of rotatable bonds is 10. The van der Waals surface area contributed by atoms with Crippen molar-refractivity contribution in [3.05, 3.63) is 94.0 Å². The van der Waals surface area contributed by atoms with Gasteiger partial charge >= 0.3 is 5.97 Å². The molecule has 0 saturated carbocycles. The van der Waals surface area contributed by atoms with Gasteiger partial charge in [0.1, 0.15) is 17.5 Å². The second-order valence-electron chi connectivity index (χ2n) is 11.6. The van der Waals surface area contributed by atoms with Crippen molar-refractivity contribution in [1.29, 1.82) is 0 Å². The van der Waals surface area contributed by atoms with Crippen LogP contribution in [0.25, 0.3) is 0 Å². The van der Waals surface area contributed by atoms with Gasteiger partial charge in [-0.15, -0.1) is 0 Å². The van der Waals surface area contributed by atoms with Crippen molar-refractivity contribution >= 4 is 39.2 Å². The normalized spacial score (nSPS) is 21.9. The van der Waals surface area contributed by atoms with Crippen molar-refractivity contribution in [3.63, 3.8) is 0 Å². The summed E-state index contributed by atoms with van der Waals surface area (Å²) in [4.78, 5) is 30.5. The molecule has 2 N–H and O–H groups in total. The second kappa shape index (κ2) is 14.5. The van der Waals surface area contributed by atoms with Crippen LogP contribution in [0, 0.1) is 23.4 Å². The molecule has 3 aromatic rings. The number of methoxy groups -OCH3 is 1. The van der Waals surface area contributed by atoms with Crippen LogP contribution in [0.3, 0.4) is 0 Å². The molecule has 2 aliphatic heterocycles. The van der Waals surface area contributed by atoms with Crippen LogP contribution in [0.5, 0.6) is 0 Å². The highest BCUT2D eigenvalue weighted by atomic mass is 35.5. The number of halogens is 4. The molecule has 2 aromatic carbocycles. The fourth-order valence-corrected chi connectivity index (χ4v) is 8.22. The van der Waals surface area contributed by atoms with Crippen LogP contribution in [-0.2, 0) is 30.8 Å². The molecule has 2 fully saturated rings. The van der Waals surface area contributed by atoms with Crippen molar-refractivity contribution in [2.45, 2.75) is 50.1 Å². The summed E-state index contributed by atoms with van der Waals surface area (Å²) in [7, 11) is -2.31. The third-order valence-electron chi connectivity index (χ3n) is 8.61. The van der Waals surface area contributed by atoms with E-state index in [4.69, 9.17) is 16.3 Å². The molecular formula is C32H34ClF3N4O5S. The van der Waals surface area contributed by atoms with E-state index in [0.717, 1.165) is 31.9 Å². The van der Waals surface area contributed by atoms with Gasteiger partial charge in [-0.25, -0.2) is 21.6 Å². The van der Waals surface area contributed by atoms with Crippen LogP contribution in [0.1, 0.15) is 48.3 Å². The van der Waals surface area contributed by atoms with Gasteiger partial charge in [-0.2, -0.15) is 4.31 Å². The minimum Gasteiger partial charge on any atom is -0.469 e. The largest absolute Gasteiger partial charge is 0.469 e. The predicted octanol–water partition coefficient (Wildman–Crippen LogP) is 4.80. The Hall–Kier alpha value is -3.52. The van der Waals surface area contributed by atoms with Crippen LogP contribution in [0.2, 0.25) is 5.02 Å². The molecule has 0 spiro atoms. The van der Waals surface area contributed by atoms with E-state index in [9.17, 15) is 26.8 Å². The molecule has 2 saturated heterocycles. The monoisotopic (exact) mass is 678 g/mol. The molecule has 2 bridgehead atoms. The Kier molecular flexibility index (Phi) is 10.7. The third-order valence-corrected chi connectivity index (χ3v) is 10.9. The number of fused-ring (bicyclic) bond motifs is 2. The molecule has 5 rings (SSSR count). The van der Waals surface area contributed by atoms with Crippen molar-refractivity contribution in [2.24, 2.45) is 5.92 Å². The summed E-state index contributed by atoms with van der Waals surface area (Å²) < 4.78 is 76.6. The Balaban J connectivity index is 1.46. The highest BCUT2D eigenvalue weighted by Gasteiger charge is 2.38. The molecule has 1 amide bonds. The summed E-state index contributed by atoms with van der Waals surface area (Å²) in [6, 6.07) is 8.81. The number of sulfonamides is 1. The quantitative estimate of drug-likeness (QED) is 0.296. The number of pyridine rings is 1. The van der Waals surface area contributed by atoms with Crippen molar-refractivity contribution < 1.29 is 35.9 Å². The topological polar surface area (TPSA) is 118 Å². The average molecular weight is 679 g/mol. The Morgan fingerprint density at radius 2 is 1.93 bits per heavy atom. The Morgan fingerprint density at radius 1 is 1.13 bits per heavy atom. The molecule has 1 aromatic heterocycles. The number of piperazine rings is 1. The van der Waals surface area contributed by atoms with Gasteiger partial charge in [0.15, 0.2) is 0 Å². The predicted molar refractivity (Wildman–Crippen MR) is 166 cm³/mol. The zero-order valence-corrected chi connectivity index (χ0v) is 26.6. The molecule has 3 unspecified atom stereocenters. The van der Waals surface area contributed by atoms with E-state index in [0.29, 0.717) is 19.5 Å². The van der Waals surface area contributed by atoms with Crippen LogP contribution in [-0.4, -0.2) is 67.6 Å². The van der Waals surface area contributed by atoms with Crippen LogP contribution in [0.4, 0.5) is 18.9 Å². The molecule has 246 valence electrons. The number of nitrogens with zero attached hydrogens (tertiary/aromatic N) is 2. The van der Waals surface area contributed by atoms with Crippen LogP contribution >= 0.6 is 11.6 Å². The van der Waals surface area contributed by atoms with E-state index in [1.54, 1.807) is 0 Å². The van der Waals surface area contributed by atoms with Gasteiger partial charge in [0, 0.05) is 48.5 Å². The third kappa shape index (κ3) is 7.71. The molecule has 14 heteroatoms. The first-order chi connectivity index (χ1) is 22.0. The Bertz CT molecular complexity index is 1710. The van der Waals surface area contributed by atoms with Crippen molar-refractivity contribution in [3.8, 4) is 0 Å². The maximum Gasteiger partial charge on any atom is 0.306 e. The van der Waals surface area contributed by atoms with E-state index < -0.39 is 63.6 Å². The number of benzene rings is 2. The molecule has 46 heavy (non-hydrogen) atoms. The standard InChI is InChI=1S/C32H34ClF3N4O5S/c1-45-30(41)14-25(31(20-12-21(34)16-37-15-20)19-7-10-26(33)28(36)13-19)32(42)39-29-6-2-5-27(35)24(29)9-8-23-17-38-22-4-3-11-46(43,44)40(23)18-22/h2,5-7,10,12-13,15-16,22-23,25,31,38H,3-4,8-9,11,14,17-18H2,1H3,(H,39,42)/t22?,23?,25-,31-/m0/s1. The van der Waals surface area contributed by atoms with E-state index in [-0.39, 0.29) is 52.0 Å². The van der Waals surface area contributed by atoms with Crippen LogP contribution < -0.4 is 10.6 Å². The number of aromatic nitrogens is 1. The van der Waals surface area contributed by atoms with Gasteiger partial charge in [-0.3, -0.25) is 14.6 Å². The molecule has 0 aliphatic carbocycles. The number of anilines is 1. The van der Waals surface area contributed by atoms with Crippen LogP contribution in [0.15, 0.2) is 54.9 Å². The summed E-state index contributed by atoms with van der Waals surface area (Å²) in [5, 5.41) is 5.95. The lowest BCUT2D eigenvalue weighted by Crippen LogP contribution is -2.57. The number of carbonyl (C=O) groups excluding carboxylic acids is 2. The van der Waals surface area contributed by atoms with Gasteiger partial charge in [-0.1, -0.05) is 23.7 Å². The minimum atomic E-state index is -3.46. The number of hydrogen-bond acceptors (Lipinski definition) is 7. The van der Waals surface area contributed by atoms with Gasteiger partial charge in [0.2, 0.25) is 15.9 Å². The van der Waals surface area contributed by atoms with Crippen molar-refractivity contribution in [2.75, 3.05) is 31.3 Å². The molecular weight excluding hydrogens is 645 g/mol. The fourth-order valence-electron chi connectivity index (χ4n) is 6.30. The first kappa shape index (κ1) is 33.8. The summed E-state index contributed by atoms with van der Waals surface area (Å²) >= 11 is 5.91. The minimum absolute atomic E-state index is 0.0593. The summed E-state index contributed by atoms with van der Waals surface area (Å²) in [6.45, 7) is 0.771. The van der Waals surface area contributed by atoms with E-state index in [2.05, 4.69) is 15.6 Å². The van der Waals surface area contributed by atoms with E-state index in [1.807, 2.05) is 0 Å². The van der Waals surface area contributed by atoms with Gasteiger partial charge in [0.05, 0.1) is 36.4 Å². The lowest BCUT2D eigenvalue weighted by Gasteiger charge is -2.37. The highest BCUT2D eigenvalue weighted by molar-refractivity contribution is 7.89. The zero-order chi connectivity index (χ0) is 33.0. The Labute approximate surface area is 270 Å². The SMILES string of the molecule is COC(=O)C[C@H](C(=O)Nc1cccc(F)c1CCC1CNC2CCCS(=O)(=O)N1C2)[C@H](c1cncc(F)c1)c1ccc(Cl)c(F)c1. The lowest BCUT2D eigenvalue weighted by atomic mass is 9.79. The maximum atomic E-state index is 15.3. The highest BCUT2D eigenvalue weighted by Crippen LogP contribution is 2.37. The number of ether oxygens (including phenoxy) is 1.